The highest BCUT2D eigenvalue weighted by atomic mass is 16.2. The van der Waals surface area contributed by atoms with Crippen molar-refractivity contribution in [2.24, 2.45) is 5.10 Å². The molecule has 3 heteroatoms. The summed E-state index contributed by atoms with van der Waals surface area (Å²) in [5, 5.41) is 6.15. The van der Waals surface area contributed by atoms with Crippen molar-refractivity contribution in [1.82, 2.24) is 0 Å². The largest absolute Gasteiger partial charge is 0.273 e. The van der Waals surface area contributed by atoms with Gasteiger partial charge in [-0.25, -0.2) is 5.01 Å². The zero-order valence-electron chi connectivity index (χ0n) is 10.9. The van der Waals surface area contributed by atoms with Gasteiger partial charge in [0.05, 0.1) is 5.69 Å². The summed E-state index contributed by atoms with van der Waals surface area (Å²) in [6.45, 7) is 2.10. The van der Waals surface area contributed by atoms with E-state index in [0.717, 1.165) is 43.5 Å². The van der Waals surface area contributed by atoms with E-state index >= 15 is 0 Å². The lowest BCUT2D eigenvalue weighted by atomic mass is 10.1. The number of amides is 1. The lowest BCUT2D eigenvalue weighted by molar-refractivity contribution is -0.118. The van der Waals surface area contributed by atoms with Gasteiger partial charge in [0.2, 0.25) is 5.91 Å². The molecule has 96 valence electrons. The van der Waals surface area contributed by atoms with Crippen LogP contribution in [0.5, 0.6) is 0 Å². The molecule has 2 rings (SSSR count). The Morgan fingerprint density at radius 3 is 2.56 bits per heavy atom. The Bertz CT molecular complexity index is 425. The van der Waals surface area contributed by atoms with Crippen LogP contribution in [0, 0.1) is 0 Å². The quantitative estimate of drug-likeness (QED) is 0.779. The van der Waals surface area contributed by atoms with Crippen LogP contribution < -0.4 is 5.01 Å². The first-order chi connectivity index (χ1) is 8.81. The summed E-state index contributed by atoms with van der Waals surface area (Å²) in [5.41, 5.74) is 1.99. The highest BCUT2D eigenvalue weighted by Crippen LogP contribution is 2.19. The maximum Gasteiger partial charge on any atom is 0.247 e. The first-order valence-electron chi connectivity index (χ1n) is 6.75. The van der Waals surface area contributed by atoms with Gasteiger partial charge in [0, 0.05) is 12.1 Å². The Kier molecular flexibility index (Phi) is 4.51. The molecule has 0 spiro atoms. The van der Waals surface area contributed by atoms with Crippen LogP contribution in [0.3, 0.4) is 0 Å². The monoisotopic (exact) mass is 244 g/mol. The second-order valence-corrected chi connectivity index (χ2v) is 4.62. The molecule has 1 amide bonds. The summed E-state index contributed by atoms with van der Waals surface area (Å²) in [5.74, 6) is 0.106. The van der Waals surface area contributed by atoms with E-state index in [4.69, 9.17) is 0 Å². The second-order valence-electron chi connectivity index (χ2n) is 4.62. The molecule has 0 unspecified atom stereocenters. The molecule has 1 heterocycles. The number of hydrazone groups is 1. The number of nitrogens with zero attached hydrogens (tertiary/aromatic N) is 2. The van der Waals surface area contributed by atoms with Crippen LogP contribution in [-0.2, 0) is 4.79 Å². The summed E-state index contributed by atoms with van der Waals surface area (Å²) in [7, 11) is 0. The van der Waals surface area contributed by atoms with Gasteiger partial charge in [0.1, 0.15) is 0 Å². The summed E-state index contributed by atoms with van der Waals surface area (Å²) in [6.07, 6.45) is 5.74. The normalized spacial score (nSPS) is 20.6. The van der Waals surface area contributed by atoms with Crippen molar-refractivity contribution in [3.8, 4) is 0 Å². The lowest BCUT2D eigenvalue weighted by Gasteiger charge is -2.18. The average molecular weight is 244 g/mol. The molecule has 0 radical (unpaired) electrons. The van der Waals surface area contributed by atoms with Crippen LogP contribution in [-0.4, -0.2) is 11.6 Å². The van der Waals surface area contributed by atoms with Crippen LogP contribution in [0.1, 0.15) is 45.4 Å². The summed E-state index contributed by atoms with van der Waals surface area (Å²) in [4.78, 5) is 12.2. The summed E-state index contributed by atoms with van der Waals surface area (Å²) < 4.78 is 0. The van der Waals surface area contributed by atoms with Crippen molar-refractivity contribution in [2.45, 2.75) is 45.4 Å². The highest BCUT2D eigenvalue weighted by Gasteiger charge is 2.16. The molecule has 1 aliphatic rings. The third kappa shape index (κ3) is 3.19. The van der Waals surface area contributed by atoms with Crippen molar-refractivity contribution in [3.63, 3.8) is 0 Å². The minimum Gasteiger partial charge on any atom is -0.273 e. The smallest absolute Gasteiger partial charge is 0.247 e. The van der Waals surface area contributed by atoms with Crippen LogP contribution >= 0.6 is 0 Å². The third-order valence-corrected chi connectivity index (χ3v) is 3.24. The topological polar surface area (TPSA) is 32.7 Å². The van der Waals surface area contributed by atoms with Gasteiger partial charge >= 0.3 is 0 Å². The van der Waals surface area contributed by atoms with Crippen molar-refractivity contribution >= 4 is 17.3 Å². The average Bonchev–Trinajstić information content (AvgIpc) is 2.50. The SMILES string of the molecule is CC/C1=N/N(c2ccccc2)C(=O)CCCCC1. The molecule has 0 atom stereocenters. The first-order valence-corrected chi connectivity index (χ1v) is 6.75. The molecule has 1 aromatic rings. The molecule has 0 aromatic heterocycles. The highest BCUT2D eigenvalue weighted by molar-refractivity contribution is 5.96. The minimum absolute atomic E-state index is 0.106. The molecule has 0 saturated carbocycles. The zero-order valence-corrected chi connectivity index (χ0v) is 10.9. The molecule has 0 saturated heterocycles. The van der Waals surface area contributed by atoms with Crippen LogP contribution in [0.15, 0.2) is 35.4 Å². The van der Waals surface area contributed by atoms with E-state index in [1.165, 1.54) is 0 Å². The van der Waals surface area contributed by atoms with Crippen LogP contribution in [0.2, 0.25) is 0 Å². The van der Waals surface area contributed by atoms with E-state index in [0.29, 0.717) is 6.42 Å². The van der Waals surface area contributed by atoms with E-state index in [1.807, 2.05) is 30.3 Å². The number of anilines is 1. The molecule has 0 fully saturated rings. The Hall–Kier alpha value is -1.64. The fourth-order valence-electron chi connectivity index (χ4n) is 2.15. The van der Waals surface area contributed by atoms with Crippen LogP contribution in [0.25, 0.3) is 0 Å². The summed E-state index contributed by atoms with van der Waals surface area (Å²) in [6, 6.07) is 9.71. The molecular weight excluding hydrogens is 224 g/mol. The Labute approximate surface area is 108 Å². The predicted molar refractivity (Wildman–Crippen MR) is 74.7 cm³/mol. The molecule has 3 nitrogen and oxygen atoms in total. The van der Waals surface area contributed by atoms with Crippen LogP contribution in [0.4, 0.5) is 5.69 Å². The molecular formula is C15H20N2O. The zero-order chi connectivity index (χ0) is 12.8. The number of carbonyl (C=O) groups excluding carboxylic acids is 1. The second kappa shape index (κ2) is 6.34. The molecule has 1 aliphatic heterocycles. The molecule has 0 N–H and O–H groups in total. The number of hydrogen-bond donors (Lipinski definition) is 0. The third-order valence-electron chi connectivity index (χ3n) is 3.24. The van der Waals surface area contributed by atoms with Crippen molar-refractivity contribution < 1.29 is 4.79 Å². The maximum absolute atomic E-state index is 12.2. The van der Waals surface area contributed by atoms with Gasteiger partial charge in [0.15, 0.2) is 0 Å². The van der Waals surface area contributed by atoms with Gasteiger partial charge in [-0.05, 0) is 37.8 Å². The van der Waals surface area contributed by atoms with Gasteiger partial charge < -0.3 is 0 Å². The van der Waals surface area contributed by atoms with E-state index in [1.54, 1.807) is 5.01 Å². The standard InChI is InChI=1S/C15H20N2O/c1-2-13-9-5-3-8-12-15(18)17(16-13)14-10-6-4-7-11-14/h4,6-7,10-11H,2-3,5,8-9,12H2,1H3/b16-13-. The Balaban J connectivity index is 2.31. The summed E-state index contributed by atoms with van der Waals surface area (Å²) >= 11 is 0. The first kappa shape index (κ1) is 12.8. The Morgan fingerprint density at radius 2 is 1.83 bits per heavy atom. The van der Waals surface area contributed by atoms with Gasteiger partial charge in [-0.1, -0.05) is 31.5 Å². The van der Waals surface area contributed by atoms with E-state index in [-0.39, 0.29) is 5.91 Å². The number of para-hydroxylation sites is 1. The van der Waals surface area contributed by atoms with Gasteiger partial charge in [0.25, 0.3) is 0 Å². The van der Waals surface area contributed by atoms with Crippen molar-refractivity contribution in [2.75, 3.05) is 5.01 Å². The molecule has 18 heavy (non-hydrogen) atoms. The molecule has 1 aromatic carbocycles. The van der Waals surface area contributed by atoms with Gasteiger partial charge in [-0.3, -0.25) is 4.79 Å². The lowest BCUT2D eigenvalue weighted by Crippen LogP contribution is -2.26. The number of rotatable bonds is 2. The maximum atomic E-state index is 12.2. The fraction of sp³-hybridized carbons (Fsp3) is 0.467. The van der Waals surface area contributed by atoms with E-state index in [9.17, 15) is 4.79 Å². The number of carbonyl (C=O) groups is 1. The van der Waals surface area contributed by atoms with Crippen molar-refractivity contribution in [1.29, 1.82) is 0 Å². The van der Waals surface area contributed by atoms with Crippen molar-refractivity contribution in [3.05, 3.63) is 30.3 Å². The van der Waals surface area contributed by atoms with Gasteiger partial charge in [-0.2, -0.15) is 5.10 Å². The number of benzene rings is 1. The van der Waals surface area contributed by atoms with Gasteiger partial charge in [-0.15, -0.1) is 0 Å². The van der Waals surface area contributed by atoms with E-state index < -0.39 is 0 Å². The Morgan fingerprint density at radius 1 is 1.11 bits per heavy atom. The number of hydrogen-bond acceptors (Lipinski definition) is 2. The fourth-order valence-corrected chi connectivity index (χ4v) is 2.15. The molecule has 0 aliphatic carbocycles. The molecule has 0 bridgehead atoms. The minimum atomic E-state index is 0.106. The predicted octanol–water partition coefficient (Wildman–Crippen LogP) is 3.75. The van der Waals surface area contributed by atoms with E-state index in [2.05, 4.69) is 12.0 Å².